The standard InChI is InChI=1S/C26H32Cl2N2O2/c1-2-24(26(32)29-22-11-7-4-8-12-22)30(18-20-14-15-21(27)17-23(20)28)25(31)16-13-19-9-5-3-6-10-19/h3,5-6,9-10,14-15,17,22,24H,2,4,7-8,11-13,16,18H2,1H3,(H,29,32)/t24-/m1/s1. The van der Waals surface area contributed by atoms with Gasteiger partial charge < -0.3 is 10.2 Å². The number of benzene rings is 2. The first-order valence-electron chi connectivity index (χ1n) is 11.6. The van der Waals surface area contributed by atoms with E-state index in [1.54, 1.807) is 17.0 Å². The number of carbonyl (C=O) groups is 2. The van der Waals surface area contributed by atoms with E-state index in [-0.39, 0.29) is 24.4 Å². The lowest BCUT2D eigenvalue weighted by Crippen LogP contribution is -2.51. The van der Waals surface area contributed by atoms with E-state index < -0.39 is 6.04 Å². The fraction of sp³-hybridized carbons (Fsp3) is 0.462. The molecule has 0 heterocycles. The second kappa shape index (κ2) is 12.3. The molecule has 1 saturated carbocycles. The predicted molar refractivity (Wildman–Crippen MR) is 131 cm³/mol. The van der Waals surface area contributed by atoms with Crippen LogP contribution in [-0.4, -0.2) is 28.8 Å². The summed E-state index contributed by atoms with van der Waals surface area (Å²) in [6.45, 7) is 2.23. The number of hydrogen-bond donors (Lipinski definition) is 1. The van der Waals surface area contributed by atoms with Crippen LogP contribution < -0.4 is 5.32 Å². The second-order valence-corrected chi connectivity index (χ2v) is 9.35. The van der Waals surface area contributed by atoms with E-state index in [1.165, 1.54) is 6.42 Å². The molecule has 0 spiro atoms. The van der Waals surface area contributed by atoms with Gasteiger partial charge in [0.2, 0.25) is 11.8 Å². The molecule has 0 unspecified atom stereocenters. The van der Waals surface area contributed by atoms with Gasteiger partial charge in [-0.25, -0.2) is 0 Å². The van der Waals surface area contributed by atoms with Gasteiger partial charge in [-0.05, 0) is 48.9 Å². The maximum atomic E-state index is 13.4. The molecule has 3 rings (SSSR count). The monoisotopic (exact) mass is 474 g/mol. The third-order valence-electron chi connectivity index (χ3n) is 6.16. The number of rotatable bonds is 9. The molecule has 6 heteroatoms. The molecule has 0 aromatic heterocycles. The fourth-order valence-corrected chi connectivity index (χ4v) is 4.81. The molecule has 32 heavy (non-hydrogen) atoms. The number of hydrogen-bond acceptors (Lipinski definition) is 2. The van der Waals surface area contributed by atoms with Crippen molar-refractivity contribution in [2.45, 2.75) is 76.9 Å². The maximum absolute atomic E-state index is 13.4. The number of aryl methyl sites for hydroxylation is 1. The normalized spacial score (nSPS) is 15.2. The average Bonchev–Trinajstić information content (AvgIpc) is 2.80. The van der Waals surface area contributed by atoms with Crippen LogP contribution in [0.3, 0.4) is 0 Å². The van der Waals surface area contributed by atoms with Crippen LogP contribution in [0.25, 0.3) is 0 Å². The molecule has 0 aliphatic heterocycles. The van der Waals surface area contributed by atoms with E-state index in [4.69, 9.17) is 23.2 Å². The molecule has 2 aromatic rings. The summed E-state index contributed by atoms with van der Waals surface area (Å²) in [5, 5.41) is 4.25. The van der Waals surface area contributed by atoms with Crippen LogP contribution >= 0.6 is 23.2 Å². The Balaban J connectivity index is 1.78. The molecule has 1 atom stereocenters. The van der Waals surface area contributed by atoms with Gasteiger partial charge in [-0.2, -0.15) is 0 Å². The van der Waals surface area contributed by atoms with Gasteiger partial charge in [0.1, 0.15) is 6.04 Å². The Hall–Kier alpha value is -2.04. The highest BCUT2D eigenvalue weighted by Crippen LogP contribution is 2.25. The van der Waals surface area contributed by atoms with Crippen molar-refractivity contribution in [3.8, 4) is 0 Å². The van der Waals surface area contributed by atoms with E-state index in [1.807, 2.05) is 43.3 Å². The second-order valence-electron chi connectivity index (χ2n) is 8.51. The lowest BCUT2D eigenvalue weighted by Gasteiger charge is -2.33. The third kappa shape index (κ3) is 6.98. The van der Waals surface area contributed by atoms with Crippen molar-refractivity contribution in [2.75, 3.05) is 0 Å². The zero-order chi connectivity index (χ0) is 22.9. The van der Waals surface area contributed by atoms with Gasteiger partial charge in [0.25, 0.3) is 0 Å². The number of nitrogens with one attached hydrogen (secondary N) is 1. The molecule has 0 radical (unpaired) electrons. The summed E-state index contributed by atoms with van der Waals surface area (Å²) < 4.78 is 0. The first-order valence-corrected chi connectivity index (χ1v) is 12.3. The highest BCUT2D eigenvalue weighted by Gasteiger charge is 2.30. The molecule has 0 bridgehead atoms. The Kier molecular flexibility index (Phi) is 9.43. The number of nitrogens with zero attached hydrogens (tertiary/aromatic N) is 1. The summed E-state index contributed by atoms with van der Waals surface area (Å²) in [5.41, 5.74) is 1.89. The summed E-state index contributed by atoms with van der Waals surface area (Å²) in [6.07, 6.45) is 7.03. The lowest BCUT2D eigenvalue weighted by atomic mass is 9.95. The molecule has 1 N–H and O–H groups in total. The third-order valence-corrected chi connectivity index (χ3v) is 6.75. The van der Waals surface area contributed by atoms with Crippen LogP contribution in [0.15, 0.2) is 48.5 Å². The molecule has 172 valence electrons. The van der Waals surface area contributed by atoms with Gasteiger partial charge in [0.05, 0.1) is 0 Å². The van der Waals surface area contributed by atoms with E-state index in [0.717, 1.165) is 36.8 Å². The van der Waals surface area contributed by atoms with Crippen LogP contribution in [0.1, 0.15) is 63.0 Å². The smallest absolute Gasteiger partial charge is 0.243 e. The molecule has 1 aliphatic carbocycles. The van der Waals surface area contributed by atoms with Gasteiger partial charge in [-0.15, -0.1) is 0 Å². The zero-order valence-corrected chi connectivity index (χ0v) is 20.2. The summed E-state index contributed by atoms with van der Waals surface area (Å²) in [4.78, 5) is 28.3. The highest BCUT2D eigenvalue weighted by atomic mass is 35.5. The number of halogens is 2. The summed E-state index contributed by atoms with van der Waals surface area (Å²) in [7, 11) is 0. The van der Waals surface area contributed by atoms with Crippen LogP contribution in [0.2, 0.25) is 10.0 Å². The van der Waals surface area contributed by atoms with E-state index in [9.17, 15) is 9.59 Å². The fourth-order valence-electron chi connectivity index (χ4n) is 4.34. The summed E-state index contributed by atoms with van der Waals surface area (Å²) in [5.74, 6) is -0.122. The van der Waals surface area contributed by atoms with E-state index in [2.05, 4.69) is 5.32 Å². The Bertz CT molecular complexity index is 898. The Morgan fingerprint density at radius 2 is 1.78 bits per heavy atom. The zero-order valence-electron chi connectivity index (χ0n) is 18.7. The Labute approximate surface area is 201 Å². The largest absolute Gasteiger partial charge is 0.352 e. The lowest BCUT2D eigenvalue weighted by molar-refractivity contribution is -0.141. The minimum Gasteiger partial charge on any atom is -0.352 e. The molecule has 1 fully saturated rings. The van der Waals surface area contributed by atoms with E-state index in [0.29, 0.717) is 29.3 Å². The van der Waals surface area contributed by atoms with E-state index >= 15 is 0 Å². The minimum atomic E-state index is -0.535. The van der Waals surface area contributed by atoms with Crippen molar-refractivity contribution >= 4 is 35.0 Å². The highest BCUT2D eigenvalue weighted by molar-refractivity contribution is 6.35. The summed E-state index contributed by atoms with van der Waals surface area (Å²) >= 11 is 12.5. The van der Waals surface area contributed by atoms with Gasteiger partial charge in [-0.3, -0.25) is 9.59 Å². The van der Waals surface area contributed by atoms with Gasteiger partial charge >= 0.3 is 0 Å². The SMILES string of the molecule is CC[C@H](C(=O)NC1CCCCC1)N(Cc1ccc(Cl)cc1Cl)C(=O)CCc1ccccc1. The minimum absolute atomic E-state index is 0.0505. The molecule has 1 aliphatic rings. The number of amides is 2. The first kappa shape index (κ1) is 24.6. The Morgan fingerprint density at radius 1 is 1.06 bits per heavy atom. The molecular formula is C26H32Cl2N2O2. The van der Waals surface area contributed by atoms with Crippen molar-refractivity contribution in [1.82, 2.24) is 10.2 Å². The van der Waals surface area contributed by atoms with Crippen molar-refractivity contribution in [2.24, 2.45) is 0 Å². The molecule has 0 saturated heterocycles. The van der Waals surface area contributed by atoms with Gasteiger partial charge in [-0.1, -0.05) is 85.8 Å². The van der Waals surface area contributed by atoms with Gasteiger partial charge in [0.15, 0.2) is 0 Å². The summed E-state index contributed by atoms with van der Waals surface area (Å²) in [6, 6.07) is 14.9. The van der Waals surface area contributed by atoms with Crippen LogP contribution in [0.5, 0.6) is 0 Å². The average molecular weight is 475 g/mol. The van der Waals surface area contributed by atoms with Gasteiger partial charge in [0, 0.05) is 29.1 Å². The van der Waals surface area contributed by atoms with Crippen molar-refractivity contribution in [3.63, 3.8) is 0 Å². The molecule has 2 aromatic carbocycles. The first-order chi connectivity index (χ1) is 15.5. The van der Waals surface area contributed by atoms with Crippen molar-refractivity contribution < 1.29 is 9.59 Å². The number of carbonyl (C=O) groups excluding carboxylic acids is 2. The predicted octanol–water partition coefficient (Wildman–Crippen LogP) is 6.18. The molecule has 4 nitrogen and oxygen atoms in total. The van der Waals surface area contributed by atoms with Crippen LogP contribution in [-0.2, 0) is 22.6 Å². The quantitative estimate of drug-likeness (QED) is 0.471. The van der Waals surface area contributed by atoms with Crippen LogP contribution in [0.4, 0.5) is 0 Å². The van der Waals surface area contributed by atoms with Crippen LogP contribution in [0, 0.1) is 0 Å². The Morgan fingerprint density at radius 3 is 2.44 bits per heavy atom. The van der Waals surface area contributed by atoms with Crippen molar-refractivity contribution in [1.29, 1.82) is 0 Å². The van der Waals surface area contributed by atoms with Crippen molar-refractivity contribution in [3.05, 3.63) is 69.7 Å². The maximum Gasteiger partial charge on any atom is 0.243 e. The topological polar surface area (TPSA) is 49.4 Å². The molecular weight excluding hydrogens is 443 g/mol. The molecule has 2 amide bonds.